The van der Waals surface area contributed by atoms with Gasteiger partial charge in [-0.15, -0.1) is 5.10 Å². The Morgan fingerprint density at radius 2 is 1.92 bits per heavy atom. The van der Waals surface area contributed by atoms with E-state index in [1.165, 1.54) is 38.5 Å². The van der Waals surface area contributed by atoms with E-state index in [-0.39, 0.29) is 0 Å². The molecule has 0 unspecified atom stereocenters. The molecule has 0 saturated heterocycles. The van der Waals surface area contributed by atoms with Crippen LogP contribution < -0.4 is 15.4 Å². The molecule has 2 aromatic rings. The minimum Gasteiger partial charge on any atom is -0.495 e. The smallest absolute Gasteiger partial charge is 0.249 e. The number of aryl methyl sites for hydroxylation is 1. The van der Waals surface area contributed by atoms with Gasteiger partial charge in [-0.1, -0.05) is 31.7 Å². The first kappa shape index (κ1) is 16.5. The number of hydrogen-bond donors (Lipinski definition) is 2. The van der Waals surface area contributed by atoms with Crippen molar-refractivity contribution in [1.29, 1.82) is 0 Å². The number of nitrogens with zero attached hydrogens (tertiary/aromatic N) is 3. The van der Waals surface area contributed by atoms with E-state index in [1.54, 1.807) is 13.3 Å². The molecule has 24 heavy (non-hydrogen) atoms. The molecular formula is C18H25N5O. The van der Waals surface area contributed by atoms with Crippen LogP contribution in [0.15, 0.2) is 24.4 Å². The molecule has 6 nitrogen and oxygen atoms in total. The van der Waals surface area contributed by atoms with Crippen LogP contribution >= 0.6 is 0 Å². The molecule has 3 rings (SSSR count). The van der Waals surface area contributed by atoms with Crippen molar-refractivity contribution in [3.05, 3.63) is 30.0 Å². The van der Waals surface area contributed by atoms with Crippen LogP contribution in [0.1, 0.15) is 44.1 Å². The Morgan fingerprint density at radius 3 is 2.67 bits per heavy atom. The zero-order valence-corrected chi connectivity index (χ0v) is 14.4. The molecule has 1 aromatic carbocycles. The van der Waals surface area contributed by atoms with Gasteiger partial charge in [0.05, 0.1) is 19.0 Å². The van der Waals surface area contributed by atoms with Crippen LogP contribution in [0.3, 0.4) is 0 Å². The van der Waals surface area contributed by atoms with Gasteiger partial charge in [0.1, 0.15) is 5.75 Å². The monoisotopic (exact) mass is 327 g/mol. The Labute approximate surface area is 143 Å². The van der Waals surface area contributed by atoms with E-state index in [4.69, 9.17) is 4.74 Å². The Bertz CT molecular complexity index is 668. The fourth-order valence-corrected chi connectivity index (χ4v) is 3.10. The summed E-state index contributed by atoms with van der Waals surface area (Å²) >= 11 is 0. The maximum atomic E-state index is 5.38. The quantitative estimate of drug-likeness (QED) is 0.807. The highest BCUT2D eigenvalue weighted by molar-refractivity contribution is 5.63. The second kappa shape index (κ2) is 7.95. The highest BCUT2D eigenvalue weighted by atomic mass is 16.5. The topological polar surface area (TPSA) is 72.0 Å². The molecule has 1 fully saturated rings. The molecule has 0 spiro atoms. The van der Waals surface area contributed by atoms with Crippen molar-refractivity contribution < 1.29 is 4.74 Å². The second-order valence-electron chi connectivity index (χ2n) is 6.33. The lowest BCUT2D eigenvalue weighted by atomic mass is 10.1. The SMILES string of the molecule is COc1ccc(C)cc1Nc1nncc(NC2CCCCCC2)n1. The van der Waals surface area contributed by atoms with E-state index in [9.17, 15) is 0 Å². The van der Waals surface area contributed by atoms with Gasteiger partial charge in [-0.05, 0) is 37.5 Å². The predicted molar refractivity (Wildman–Crippen MR) is 96.0 cm³/mol. The number of anilines is 3. The van der Waals surface area contributed by atoms with Crippen molar-refractivity contribution in [3.63, 3.8) is 0 Å². The summed E-state index contributed by atoms with van der Waals surface area (Å²) in [5, 5.41) is 14.9. The van der Waals surface area contributed by atoms with Gasteiger partial charge in [0, 0.05) is 6.04 Å². The van der Waals surface area contributed by atoms with Crippen molar-refractivity contribution in [2.45, 2.75) is 51.5 Å². The third-order valence-corrected chi connectivity index (χ3v) is 4.37. The number of methoxy groups -OCH3 is 1. The van der Waals surface area contributed by atoms with E-state index < -0.39 is 0 Å². The van der Waals surface area contributed by atoms with Crippen LogP contribution in [-0.2, 0) is 0 Å². The van der Waals surface area contributed by atoms with Crippen LogP contribution in [-0.4, -0.2) is 28.3 Å². The molecule has 1 saturated carbocycles. The first-order chi connectivity index (χ1) is 11.7. The molecule has 0 radical (unpaired) electrons. The number of aromatic nitrogens is 3. The molecule has 128 valence electrons. The van der Waals surface area contributed by atoms with Gasteiger partial charge in [0.15, 0.2) is 5.82 Å². The van der Waals surface area contributed by atoms with Gasteiger partial charge in [-0.3, -0.25) is 0 Å². The highest BCUT2D eigenvalue weighted by Crippen LogP contribution is 2.27. The largest absolute Gasteiger partial charge is 0.495 e. The summed E-state index contributed by atoms with van der Waals surface area (Å²) < 4.78 is 5.38. The molecule has 0 atom stereocenters. The number of ether oxygens (including phenoxy) is 1. The number of benzene rings is 1. The minimum absolute atomic E-state index is 0.470. The normalized spacial score (nSPS) is 15.6. The highest BCUT2D eigenvalue weighted by Gasteiger charge is 2.13. The third kappa shape index (κ3) is 4.34. The predicted octanol–water partition coefficient (Wildman–Crippen LogP) is 4.07. The summed E-state index contributed by atoms with van der Waals surface area (Å²) in [6, 6.07) is 6.42. The van der Waals surface area contributed by atoms with Crippen LogP contribution in [0, 0.1) is 6.92 Å². The van der Waals surface area contributed by atoms with Crippen molar-refractivity contribution in [1.82, 2.24) is 15.2 Å². The van der Waals surface area contributed by atoms with Gasteiger partial charge in [-0.25, -0.2) is 0 Å². The number of nitrogens with one attached hydrogen (secondary N) is 2. The summed E-state index contributed by atoms with van der Waals surface area (Å²) in [4.78, 5) is 4.55. The lowest BCUT2D eigenvalue weighted by molar-refractivity contribution is 0.416. The standard InChI is InChI=1S/C18H25N5O/c1-13-9-10-16(24-2)15(11-13)21-18-22-17(12-19-23-18)20-14-7-5-3-4-6-8-14/h9-12,14H,3-8H2,1-2H3,(H2,20,21,22,23). The van der Waals surface area contributed by atoms with Crippen molar-refractivity contribution in [2.24, 2.45) is 0 Å². The summed E-state index contributed by atoms with van der Waals surface area (Å²) in [6.07, 6.45) is 9.30. The molecule has 1 aliphatic rings. The van der Waals surface area contributed by atoms with Crippen molar-refractivity contribution >= 4 is 17.5 Å². The van der Waals surface area contributed by atoms with E-state index in [0.717, 1.165) is 22.8 Å². The van der Waals surface area contributed by atoms with Gasteiger partial charge in [-0.2, -0.15) is 10.1 Å². The maximum absolute atomic E-state index is 5.38. The average Bonchev–Trinajstić information content (AvgIpc) is 2.84. The number of hydrogen-bond acceptors (Lipinski definition) is 6. The van der Waals surface area contributed by atoms with Crippen LogP contribution in [0.4, 0.5) is 17.5 Å². The minimum atomic E-state index is 0.470. The van der Waals surface area contributed by atoms with E-state index >= 15 is 0 Å². The van der Waals surface area contributed by atoms with Gasteiger partial charge in [0.2, 0.25) is 5.95 Å². The zero-order valence-electron chi connectivity index (χ0n) is 14.4. The fourth-order valence-electron chi connectivity index (χ4n) is 3.10. The summed E-state index contributed by atoms with van der Waals surface area (Å²) in [7, 11) is 1.65. The van der Waals surface area contributed by atoms with E-state index in [0.29, 0.717) is 12.0 Å². The van der Waals surface area contributed by atoms with Crippen molar-refractivity contribution in [3.8, 4) is 5.75 Å². The summed E-state index contributed by atoms with van der Waals surface area (Å²) in [6.45, 7) is 2.04. The Balaban J connectivity index is 1.72. The van der Waals surface area contributed by atoms with Crippen LogP contribution in [0.2, 0.25) is 0 Å². The molecule has 6 heteroatoms. The maximum Gasteiger partial charge on any atom is 0.249 e. The molecule has 0 amide bonds. The molecule has 1 aliphatic carbocycles. The Morgan fingerprint density at radius 1 is 1.12 bits per heavy atom. The second-order valence-corrected chi connectivity index (χ2v) is 6.33. The first-order valence-electron chi connectivity index (χ1n) is 8.62. The summed E-state index contributed by atoms with van der Waals surface area (Å²) in [5.41, 5.74) is 1.98. The fraction of sp³-hybridized carbons (Fsp3) is 0.500. The van der Waals surface area contributed by atoms with E-state index in [2.05, 4.69) is 25.8 Å². The summed E-state index contributed by atoms with van der Waals surface area (Å²) in [5.74, 6) is 2.00. The van der Waals surface area contributed by atoms with Crippen LogP contribution in [0.5, 0.6) is 5.75 Å². The lowest BCUT2D eigenvalue weighted by Gasteiger charge is -2.17. The Kier molecular flexibility index (Phi) is 5.46. The number of rotatable bonds is 5. The molecule has 0 bridgehead atoms. The van der Waals surface area contributed by atoms with Gasteiger partial charge < -0.3 is 15.4 Å². The third-order valence-electron chi connectivity index (χ3n) is 4.37. The molecule has 2 N–H and O–H groups in total. The average molecular weight is 327 g/mol. The van der Waals surface area contributed by atoms with E-state index in [1.807, 2.05) is 25.1 Å². The zero-order chi connectivity index (χ0) is 16.8. The molecule has 1 heterocycles. The first-order valence-corrected chi connectivity index (χ1v) is 8.62. The molecule has 0 aliphatic heterocycles. The van der Waals surface area contributed by atoms with Crippen LogP contribution in [0.25, 0.3) is 0 Å². The van der Waals surface area contributed by atoms with Gasteiger partial charge in [0.25, 0.3) is 0 Å². The van der Waals surface area contributed by atoms with Crippen molar-refractivity contribution in [2.75, 3.05) is 17.7 Å². The molecule has 1 aromatic heterocycles. The Hall–Kier alpha value is -2.37. The lowest BCUT2D eigenvalue weighted by Crippen LogP contribution is -2.19. The van der Waals surface area contributed by atoms with Gasteiger partial charge >= 0.3 is 0 Å². The molecular weight excluding hydrogens is 302 g/mol.